The summed E-state index contributed by atoms with van der Waals surface area (Å²) in [5.74, 6) is -0.690. The van der Waals surface area contributed by atoms with E-state index in [0.717, 1.165) is 0 Å². The lowest BCUT2D eigenvalue weighted by Crippen LogP contribution is -2.48. The standard InChI is InChI=1S/C15H13ClN4O2S/c16-12-7-6-10(9-17-12)8-13(21)19-20-15(23)18-14(22)11-4-2-1-3-5-11/h1-7,9H,8H2,(H,19,21)(H2,18,20,22,23). The number of hydrogen-bond acceptors (Lipinski definition) is 4. The number of nitrogens with zero attached hydrogens (tertiary/aromatic N) is 1. The van der Waals surface area contributed by atoms with Gasteiger partial charge in [0.15, 0.2) is 5.11 Å². The lowest BCUT2D eigenvalue weighted by atomic mass is 10.2. The van der Waals surface area contributed by atoms with E-state index >= 15 is 0 Å². The van der Waals surface area contributed by atoms with E-state index in [1.165, 1.54) is 6.20 Å². The summed E-state index contributed by atoms with van der Waals surface area (Å²) in [6.07, 6.45) is 1.61. The second-order valence-corrected chi connectivity index (χ2v) is 5.28. The molecule has 0 fully saturated rings. The van der Waals surface area contributed by atoms with Crippen LogP contribution in [0.1, 0.15) is 15.9 Å². The van der Waals surface area contributed by atoms with Crippen molar-refractivity contribution in [1.82, 2.24) is 21.2 Å². The molecule has 0 spiro atoms. The highest BCUT2D eigenvalue weighted by Gasteiger charge is 2.08. The number of pyridine rings is 1. The number of hydrazine groups is 1. The zero-order chi connectivity index (χ0) is 16.7. The molecular formula is C15H13ClN4O2S. The van der Waals surface area contributed by atoms with Crippen LogP contribution >= 0.6 is 23.8 Å². The highest BCUT2D eigenvalue weighted by Crippen LogP contribution is 2.05. The van der Waals surface area contributed by atoms with Gasteiger partial charge in [-0.3, -0.25) is 25.8 Å². The summed E-state index contributed by atoms with van der Waals surface area (Å²) in [4.78, 5) is 27.5. The molecule has 8 heteroatoms. The Kier molecular flexibility index (Phi) is 6.02. The third-order valence-electron chi connectivity index (χ3n) is 2.73. The molecule has 0 aliphatic carbocycles. The van der Waals surface area contributed by atoms with Crippen LogP contribution in [0.3, 0.4) is 0 Å². The molecule has 2 rings (SSSR count). The highest BCUT2D eigenvalue weighted by atomic mass is 35.5. The molecule has 1 heterocycles. The monoisotopic (exact) mass is 348 g/mol. The average molecular weight is 349 g/mol. The van der Waals surface area contributed by atoms with E-state index in [1.54, 1.807) is 42.5 Å². The summed E-state index contributed by atoms with van der Waals surface area (Å²) in [7, 11) is 0. The molecular weight excluding hydrogens is 336 g/mol. The van der Waals surface area contributed by atoms with Crippen LogP contribution in [0.15, 0.2) is 48.7 Å². The molecule has 3 N–H and O–H groups in total. The zero-order valence-electron chi connectivity index (χ0n) is 11.9. The molecule has 0 radical (unpaired) electrons. The third-order valence-corrected chi connectivity index (χ3v) is 3.16. The van der Waals surface area contributed by atoms with Gasteiger partial charge in [-0.25, -0.2) is 4.98 Å². The predicted octanol–water partition coefficient (Wildman–Crippen LogP) is 1.61. The van der Waals surface area contributed by atoms with Gasteiger partial charge in [-0.05, 0) is 36.0 Å². The molecule has 2 aromatic rings. The summed E-state index contributed by atoms with van der Waals surface area (Å²) < 4.78 is 0. The van der Waals surface area contributed by atoms with Crippen LogP contribution in [0.5, 0.6) is 0 Å². The van der Waals surface area contributed by atoms with Crippen molar-refractivity contribution in [2.45, 2.75) is 6.42 Å². The van der Waals surface area contributed by atoms with E-state index in [0.29, 0.717) is 16.3 Å². The van der Waals surface area contributed by atoms with Gasteiger partial charge in [-0.2, -0.15) is 0 Å². The fourth-order valence-corrected chi connectivity index (χ4v) is 1.92. The van der Waals surface area contributed by atoms with E-state index < -0.39 is 0 Å². The maximum absolute atomic E-state index is 11.9. The predicted molar refractivity (Wildman–Crippen MR) is 90.7 cm³/mol. The zero-order valence-corrected chi connectivity index (χ0v) is 13.4. The minimum atomic E-state index is -0.362. The summed E-state index contributed by atoms with van der Waals surface area (Å²) in [6.45, 7) is 0. The second kappa shape index (κ2) is 8.21. The molecule has 1 aromatic heterocycles. The van der Waals surface area contributed by atoms with Gasteiger partial charge in [-0.1, -0.05) is 35.9 Å². The first-order valence-corrected chi connectivity index (χ1v) is 7.39. The molecule has 6 nitrogen and oxygen atoms in total. The van der Waals surface area contributed by atoms with Crippen molar-refractivity contribution in [2.75, 3.05) is 0 Å². The maximum Gasteiger partial charge on any atom is 0.257 e. The molecule has 0 atom stereocenters. The topological polar surface area (TPSA) is 83.1 Å². The molecule has 0 aliphatic heterocycles. The van der Waals surface area contributed by atoms with Crippen molar-refractivity contribution in [3.63, 3.8) is 0 Å². The number of carbonyl (C=O) groups excluding carboxylic acids is 2. The molecule has 2 amide bonds. The number of amides is 2. The smallest absolute Gasteiger partial charge is 0.257 e. The average Bonchev–Trinajstić information content (AvgIpc) is 2.56. The number of nitrogens with one attached hydrogen (secondary N) is 3. The Balaban J connectivity index is 1.76. The van der Waals surface area contributed by atoms with Crippen molar-refractivity contribution in [3.05, 3.63) is 64.9 Å². The van der Waals surface area contributed by atoms with Crippen molar-refractivity contribution in [1.29, 1.82) is 0 Å². The lowest BCUT2D eigenvalue weighted by molar-refractivity contribution is -0.121. The first-order valence-electron chi connectivity index (χ1n) is 6.60. The fourth-order valence-electron chi connectivity index (χ4n) is 1.66. The van der Waals surface area contributed by atoms with Gasteiger partial charge in [0.2, 0.25) is 5.91 Å². The molecule has 23 heavy (non-hydrogen) atoms. The first kappa shape index (κ1) is 16.9. The van der Waals surface area contributed by atoms with Crippen molar-refractivity contribution >= 4 is 40.7 Å². The first-order chi connectivity index (χ1) is 11.0. The van der Waals surface area contributed by atoms with Crippen LogP contribution in [0, 0.1) is 0 Å². The molecule has 118 valence electrons. The van der Waals surface area contributed by atoms with E-state index in [9.17, 15) is 9.59 Å². The van der Waals surface area contributed by atoms with Crippen LogP contribution in [-0.4, -0.2) is 21.9 Å². The second-order valence-electron chi connectivity index (χ2n) is 4.49. The number of thiocarbonyl (C=S) groups is 1. The Morgan fingerprint density at radius 1 is 1.09 bits per heavy atom. The number of carbonyl (C=O) groups is 2. The number of aromatic nitrogens is 1. The van der Waals surface area contributed by atoms with Crippen LogP contribution in [0.4, 0.5) is 0 Å². The quantitative estimate of drug-likeness (QED) is 0.446. The van der Waals surface area contributed by atoms with Gasteiger partial charge in [0.25, 0.3) is 5.91 Å². The summed E-state index contributed by atoms with van der Waals surface area (Å²) in [5.41, 5.74) is 6.03. The Hall–Kier alpha value is -2.51. The van der Waals surface area contributed by atoms with Gasteiger partial charge in [-0.15, -0.1) is 0 Å². The van der Waals surface area contributed by atoms with Crippen molar-refractivity contribution in [3.8, 4) is 0 Å². The fraction of sp³-hybridized carbons (Fsp3) is 0.0667. The normalized spacial score (nSPS) is 9.78. The largest absolute Gasteiger partial charge is 0.298 e. The highest BCUT2D eigenvalue weighted by molar-refractivity contribution is 7.80. The molecule has 0 saturated heterocycles. The van der Waals surface area contributed by atoms with Crippen molar-refractivity contribution < 1.29 is 9.59 Å². The van der Waals surface area contributed by atoms with Crippen molar-refractivity contribution in [2.24, 2.45) is 0 Å². The minimum Gasteiger partial charge on any atom is -0.298 e. The van der Waals surface area contributed by atoms with E-state index in [2.05, 4.69) is 21.2 Å². The molecule has 0 saturated carbocycles. The van der Waals surface area contributed by atoms with Gasteiger partial charge in [0.1, 0.15) is 5.15 Å². The van der Waals surface area contributed by atoms with Gasteiger partial charge in [0, 0.05) is 11.8 Å². The SMILES string of the molecule is O=C(Cc1ccc(Cl)nc1)NNC(=S)NC(=O)c1ccccc1. The molecule has 1 aromatic carbocycles. The molecule has 0 bridgehead atoms. The lowest BCUT2D eigenvalue weighted by Gasteiger charge is -2.10. The van der Waals surface area contributed by atoms with E-state index in [-0.39, 0.29) is 23.3 Å². The van der Waals surface area contributed by atoms with Crippen LogP contribution in [-0.2, 0) is 11.2 Å². The number of rotatable bonds is 3. The number of benzene rings is 1. The van der Waals surface area contributed by atoms with Gasteiger partial charge < -0.3 is 0 Å². The summed E-state index contributed by atoms with van der Waals surface area (Å²) >= 11 is 10.6. The summed E-state index contributed by atoms with van der Waals surface area (Å²) in [6, 6.07) is 11.9. The van der Waals surface area contributed by atoms with Crippen LogP contribution in [0.2, 0.25) is 5.15 Å². The van der Waals surface area contributed by atoms with Gasteiger partial charge >= 0.3 is 0 Å². The Labute approximate surface area is 143 Å². The Morgan fingerprint density at radius 2 is 1.83 bits per heavy atom. The van der Waals surface area contributed by atoms with Crippen LogP contribution < -0.4 is 16.2 Å². The maximum atomic E-state index is 11.9. The number of hydrogen-bond donors (Lipinski definition) is 3. The third kappa shape index (κ3) is 5.65. The van der Waals surface area contributed by atoms with E-state index in [1.807, 2.05) is 0 Å². The molecule has 0 unspecified atom stereocenters. The minimum absolute atomic E-state index is 0.00133. The van der Waals surface area contributed by atoms with Crippen LogP contribution in [0.25, 0.3) is 0 Å². The Morgan fingerprint density at radius 3 is 2.48 bits per heavy atom. The number of halogens is 1. The summed E-state index contributed by atoms with van der Waals surface area (Å²) in [5, 5.41) is 2.82. The Bertz CT molecular complexity index is 707. The molecule has 0 aliphatic rings. The van der Waals surface area contributed by atoms with Gasteiger partial charge in [0.05, 0.1) is 6.42 Å². The van der Waals surface area contributed by atoms with E-state index in [4.69, 9.17) is 23.8 Å².